The fourth-order valence-electron chi connectivity index (χ4n) is 3.05. The molecule has 2 amide bonds. The Labute approximate surface area is 141 Å². The molecule has 1 fully saturated rings. The molecule has 1 N–H and O–H groups in total. The maximum atomic E-state index is 12.4. The zero-order valence-electron chi connectivity index (χ0n) is 13.9. The fraction of sp³-hybridized carbons (Fsp3) is 0.444. The van der Waals surface area contributed by atoms with Gasteiger partial charge in [-0.3, -0.25) is 9.59 Å². The molecule has 128 valence electrons. The summed E-state index contributed by atoms with van der Waals surface area (Å²) >= 11 is 0. The molecule has 1 aliphatic heterocycles. The predicted octanol–water partition coefficient (Wildman–Crippen LogP) is 1.08. The molecule has 2 heterocycles. The van der Waals surface area contributed by atoms with E-state index in [2.05, 4.69) is 0 Å². The second-order valence-electron chi connectivity index (χ2n) is 6.36. The Morgan fingerprint density at radius 3 is 2.67 bits per heavy atom. The number of amides is 2. The summed E-state index contributed by atoms with van der Waals surface area (Å²) < 4.78 is 1.90. The lowest BCUT2D eigenvalue weighted by Gasteiger charge is -2.31. The van der Waals surface area contributed by atoms with E-state index in [-0.39, 0.29) is 31.0 Å². The predicted molar refractivity (Wildman–Crippen MR) is 91.4 cm³/mol. The van der Waals surface area contributed by atoms with E-state index in [0.717, 1.165) is 10.9 Å². The van der Waals surface area contributed by atoms with Crippen LogP contribution in [-0.2, 0) is 16.1 Å². The number of hydrogen-bond acceptors (Lipinski definition) is 3. The largest absolute Gasteiger partial charge is 0.393 e. The lowest BCUT2D eigenvalue weighted by molar-refractivity contribution is -0.140. The van der Waals surface area contributed by atoms with Crippen molar-refractivity contribution in [3.05, 3.63) is 36.5 Å². The second kappa shape index (κ2) is 7.05. The average molecular weight is 329 g/mol. The smallest absolute Gasteiger partial charge is 0.242 e. The van der Waals surface area contributed by atoms with Crippen molar-refractivity contribution in [1.29, 1.82) is 0 Å². The van der Waals surface area contributed by atoms with Crippen molar-refractivity contribution in [2.45, 2.75) is 25.5 Å². The van der Waals surface area contributed by atoms with Crippen molar-refractivity contribution in [3.63, 3.8) is 0 Å². The van der Waals surface area contributed by atoms with Crippen molar-refractivity contribution in [2.75, 3.05) is 26.7 Å². The van der Waals surface area contributed by atoms with Crippen molar-refractivity contribution >= 4 is 22.7 Å². The summed E-state index contributed by atoms with van der Waals surface area (Å²) in [5, 5.41) is 10.6. The summed E-state index contributed by atoms with van der Waals surface area (Å²) in [4.78, 5) is 27.9. The first-order valence-electron chi connectivity index (χ1n) is 8.28. The number of likely N-dealkylation sites (N-methyl/N-ethyl adjacent to an activating group) is 1. The number of piperidine rings is 1. The molecule has 0 radical (unpaired) electrons. The lowest BCUT2D eigenvalue weighted by atomic mass is 10.1. The molecule has 3 rings (SSSR count). The third-order valence-electron chi connectivity index (χ3n) is 4.60. The number of aliphatic hydroxyl groups excluding tert-OH is 1. The molecule has 6 heteroatoms. The number of aliphatic hydroxyl groups is 1. The standard InChI is InChI=1S/C18H23N3O3/c1-19(12-18(24)20-10-7-15(22)8-11-20)17(23)13-21-9-6-14-4-2-3-5-16(14)21/h2-6,9,15,22H,7-8,10-13H2,1H3. The Hall–Kier alpha value is -2.34. The van der Waals surface area contributed by atoms with Crippen LogP contribution in [0.5, 0.6) is 0 Å². The second-order valence-corrected chi connectivity index (χ2v) is 6.36. The Kier molecular flexibility index (Phi) is 4.85. The minimum atomic E-state index is -0.310. The number of fused-ring (bicyclic) bond motifs is 1. The highest BCUT2D eigenvalue weighted by Gasteiger charge is 2.23. The number of aromatic nitrogens is 1. The van der Waals surface area contributed by atoms with Gasteiger partial charge in [-0.05, 0) is 30.4 Å². The minimum absolute atomic E-state index is 0.0601. The van der Waals surface area contributed by atoms with Gasteiger partial charge in [-0.25, -0.2) is 0 Å². The van der Waals surface area contributed by atoms with Gasteiger partial charge >= 0.3 is 0 Å². The van der Waals surface area contributed by atoms with E-state index in [1.54, 1.807) is 11.9 Å². The van der Waals surface area contributed by atoms with Crippen molar-refractivity contribution < 1.29 is 14.7 Å². The van der Waals surface area contributed by atoms with Gasteiger partial charge in [0.05, 0.1) is 12.6 Å². The number of likely N-dealkylation sites (tertiary alicyclic amines) is 1. The third-order valence-corrected chi connectivity index (χ3v) is 4.60. The molecule has 2 aromatic rings. The fourth-order valence-corrected chi connectivity index (χ4v) is 3.05. The number of para-hydroxylation sites is 1. The van der Waals surface area contributed by atoms with E-state index < -0.39 is 0 Å². The van der Waals surface area contributed by atoms with Gasteiger partial charge in [0.2, 0.25) is 11.8 Å². The average Bonchev–Trinajstić information content (AvgIpc) is 2.98. The first kappa shape index (κ1) is 16.5. The van der Waals surface area contributed by atoms with Crippen LogP contribution in [0.2, 0.25) is 0 Å². The van der Waals surface area contributed by atoms with Crippen molar-refractivity contribution in [2.24, 2.45) is 0 Å². The molecule has 24 heavy (non-hydrogen) atoms. The highest BCUT2D eigenvalue weighted by atomic mass is 16.3. The molecule has 6 nitrogen and oxygen atoms in total. The van der Waals surface area contributed by atoms with Gasteiger partial charge < -0.3 is 19.5 Å². The number of carbonyl (C=O) groups excluding carboxylic acids is 2. The van der Waals surface area contributed by atoms with Gasteiger partial charge in [-0.15, -0.1) is 0 Å². The maximum absolute atomic E-state index is 12.4. The van der Waals surface area contributed by atoms with Gasteiger partial charge in [0, 0.05) is 31.9 Å². The molecular formula is C18H23N3O3. The molecule has 0 unspecified atom stereocenters. The molecular weight excluding hydrogens is 306 g/mol. The summed E-state index contributed by atoms with van der Waals surface area (Å²) in [6, 6.07) is 9.88. The van der Waals surface area contributed by atoms with E-state index in [4.69, 9.17) is 0 Å². The summed E-state index contributed by atoms with van der Waals surface area (Å²) in [5.41, 5.74) is 1.01. The third kappa shape index (κ3) is 3.59. The van der Waals surface area contributed by atoms with Crippen LogP contribution in [0, 0.1) is 0 Å². The Bertz CT molecular complexity index is 732. The van der Waals surface area contributed by atoms with Crippen LogP contribution >= 0.6 is 0 Å². The molecule has 0 spiro atoms. The summed E-state index contributed by atoms with van der Waals surface area (Å²) in [7, 11) is 1.66. The molecule has 0 atom stereocenters. The van der Waals surface area contributed by atoms with E-state index in [1.165, 1.54) is 4.90 Å². The van der Waals surface area contributed by atoms with Crippen molar-refractivity contribution in [1.82, 2.24) is 14.4 Å². The molecule has 0 aliphatic carbocycles. The Morgan fingerprint density at radius 1 is 1.21 bits per heavy atom. The monoisotopic (exact) mass is 329 g/mol. The topological polar surface area (TPSA) is 65.8 Å². The van der Waals surface area contributed by atoms with Crippen LogP contribution in [-0.4, -0.2) is 64.1 Å². The number of rotatable bonds is 4. The molecule has 1 aromatic carbocycles. The van der Waals surface area contributed by atoms with Gasteiger partial charge in [-0.1, -0.05) is 18.2 Å². The Balaban J connectivity index is 1.57. The molecule has 1 saturated heterocycles. The normalized spacial score (nSPS) is 15.7. The first-order valence-corrected chi connectivity index (χ1v) is 8.28. The number of hydrogen-bond donors (Lipinski definition) is 1. The quantitative estimate of drug-likeness (QED) is 0.913. The minimum Gasteiger partial charge on any atom is -0.393 e. The van der Waals surface area contributed by atoms with Crippen LogP contribution in [0.4, 0.5) is 0 Å². The van der Waals surface area contributed by atoms with Crippen LogP contribution in [0.25, 0.3) is 10.9 Å². The zero-order chi connectivity index (χ0) is 17.1. The van der Waals surface area contributed by atoms with E-state index in [9.17, 15) is 14.7 Å². The van der Waals surface area contributed by atoms with Crippen molar-refractivity contribution in [3.8, 4) is 0 Å². The van der Waals surface area contributed by atoms with E-state index in [0.29, 0.717) is 25.9 Å². The maximum Gasteiger partial charge on any atom is 0.242 e. The number of nitrogens with zero attached hydrogens (tertiary/aromatic N) is 3. The van der Waals surface area contributed by atoms with E-state index in [1.807, 2.05) is 41.1 Å². The summed E-state index contributed by atoms with van der Waals surface area (Å²) in [6.07, 6.45) is 2.80. The van der Waals surface area contributed by atoms with Crippen LogP contribution in [0.15, 0.2) is 36.5 Å². The van der Waals surface area contributed by atoms with Crippen LogP contribution in [0.3, 0.4) is 0 Å². The lowest BCUT2D eigenvalue weighted by Crippen LogP contribution is -2.46. The Morgan fingerprint density at radius 2 is 1.92 bits per heavy atom. The number of carbonyl (C=O) groups is 2. The molecule has 0 saturated carbocycles. The van der Waals surface area contributed by atoms with Gasteiger partial charge in [0.25, 0.3) is 0 Å². The van der Waals surface area contributed by atoms with E-state index >= 15 is 0 Å². The first-order chi connectivity index (χ1) is 11.5. The molecule has 1 aromatic heterocycles. The summed E-state index contributed by atoms with van der Waals surface area (Å²) in [5.74, 6) is -0.156. The SMILES string of the molecule is CN(CC(=O)N1CCC(O)CC1)C(=O)Cn1ccc2ccccc21. The highest BCUT2D eigenvalue weighted by molar-refractivity contribution is 5.86. The molecule has 1 aliphatic rings. The number of benzene rings is 1. The molecule has 0 bridgehead atoms. The van der Waals surface area contributed by atoms with Gasteiger partial charge in [0.15, 0.2) is 0 Å². The van der Waals surface area contributed by atoms with Gasteiger partial charge in [-0.2, -0.15) is 0 Å². The van der Waals surface area contributed by atoms with Crippen LogP contribution < -0.4 is 0 Å². The van der Waals surface area contributed by atoms with Crippen LogP contribution in [0.1, 0.15) is 12.8 Å². The zero-order valence-corrected chi connectivity index (χ0v) is 13.9. The highest BCUT2D eigenvalue weighted by Crippen LogP contribution is 2.15. The van der Waals surface area contributed by atoms with Gasteiger partial charge in [0.1, 0.15) is 6.54 Å². The summed E-state index contributed by atoms with van der Waals surface area (Å²) in [6.45, 7) is 1.42.